The van der Waals surface area contributed by atoms with Crippen LogP contribution in [0.3, 0.4) is 0 Å². The van der Waals surface area contributed by atoms with E-state index < -0.39 is 0 Å². The highest BCUT2D eigenvalue weighted by atomic mass is 16.2. The molecule has 1 N–H and O–H groups in total. The molecule has 0 saturated carbocycles. The number of carbonyl (C=O) groups is 2. The third-order valence-corrected chi connectivity index (χ3v) is 4.10. The lowest BCUT2D eigenvalue weighted by molar-refractivity contribution is -0.118. The van der Waals surface area contributed by atoms with Crippen LogP contribution in [0.5, 0.6) is 0 Å². The molecule has 0 unspecified atom stereocenters. The molecule has 4 heteroatoms. The van der Waals surface area contributed by atoms with Crippen molar-refractivity contribution in [2.45, 2.75) is 26.2 Å². The Morgan fingerprint density at radius 3 is 2.65 bits per heavy atom. The first-order valence-corrected chi connectivity index (χ1v) is 7.98. The van der Waals surface area contributed by atoms with Gasteiger partial charge in [-0.15, -0.1) is 0 Å². The number of fused-ring (bicyclic) bond motifs is 1. The molecule has 0 saturated heterocycles. The Balaban J connectivity index is 1.85. The van der Waals surface area contributed by atoms with Gasteiger partial charge in [-0.05, 0) is 42.7 Å². The first kappa shape index (κ1) is 15.3. The van der Waals surface area contributed by atoms with E-state index >= 15 is 0 Å². The molecule has 23 heavy (non-hydrogen) atoms. The zero-order chi connectivity index (χ0) is 16.2. The maximum Gasteiger partial charge on any atom is 0.255 e. The fourth-order valence-electron chi connectivity index (χ4n) is 2.90. The fraction of sp³-hybridized carbons (Fsp3) is 0.263. The summed E-state index contributed by atoms with van der Waals surface area (Å²) in [5.41, 5.74) is 3.42. The third-order valence-electron chi connectivity index (χ3n) is 4.10. The van der Waals surface area contributed by atoms with Gasteiger partial charge in [-0.1, -0.05) is 31.2 Å². The number of aryl methyl sites for hydroxylation is 1. The lowest BCUT2D eigenvalue weighted by Crippen LogP contribution is -2.35. The maximum atomic E-state index is 12.3. The van der Waals surface area contributed by atoms with Crippen molar-refractivity contribution >= 4 is 23.2 Å². The summed E-state index contributed by atoms with van der Waals surface area (Å²) in [7, 11) is 0. The second-order valence-electron chi connectivity index (χ2n) is 5.67. The van der Waals surface area contributed by atoms with Crippen molar-refractivity contribution in [1.29, 1.82) is 0 Å². The zero-order valence-electron chi connectivity index (χ0n) is 13.2. The predicted octanol–water partition coefficient (Wildman–Crippen LogP) is 3.63. The van der Waals surface area contributed by atoms with Crippen LogP contribution in [-0.4, -0.2) is 18.4 Å². The number of hydrogen-bond donors (Lipinski definition) is 1. The van der Waals surface area contributed by atoms with Gasteiger partial charge in [0.15, 0.2) is 0 Å². The summed E-state index contributed by atoms with van der Waals surface area (Å²) in [5.74, 6) is -0.0211. The highest BCUT2D eigenvalue weighted by Crippen LogP contribution is 2.30. The van der Waals surface area contributed by atoms with Crippen molar-refractivity contribution in [3.8, 4) is 0 Å². The fourth-order valence-corrected chi connectivity index (χ4v) is 2.90. The molecule has 1 aliphatic rings. The van der Waals surface area contributed by atoms with E-state index in [1.807, 2.05) is 48.2 Å². The second-order valence-corrected chi connectivity index (χ2v) is 5.67. The van der Waals surface area contributed by atoms with Gasteiger partial charge in [0.25, 0.3) is 5.91 Å². The van der Waals surface area contributed by atoms with Gasteiger partial charge in [0.1, 0.15) is 0 Å². The van der Waals surface area contributed by atoms with Crippen LogP contribution in [0, 0.1) is 0 Å². The number of anilines is 2. The van der Waals surface area contributed by atoms with Crippen LogP contribution in [0.2, 0.25) is 0 Å². The van der Waals surface area contributed by atoms with Crippen LogP contribution >= 0.6 is 0 Å². The summed E-state index contributed by atoms with van der Waals surface area (Å²) in [6, 6.07) is 14.9. The largest absolute Gasteiger partial charge is 0.322 e. The van der Waals surface area contributed by atoms with E-state index in [0.717, 1.165) is 30.6 Å². The number of amides is 2. The topological polar surface area (TPSA) is 49.4 Å². The van der Waals surface area contributed by atoms with Crippen LogP contribution in [-0.2, 0) is 11.2 Å². The monoisotopic (exact) mass is 308 g/mol. The van der Waals surface area contributed by atoms with Crippen molar-refractivity contribution in [2.24, 2.45) is 0 Å². The molecule has 2 amide bonds. The SMILES string of the molecule is CCC(=O)N1CCCc2ccc(NC(=O)c3ccccc3)cc21. The van der Waals surface area contributed by atoms with Crippen molar-refractivity contribution in [2.75, 3.05) is 16.8 Å². The Morgan fingerprint density at radius 1 is 1.13 bits per heavy atom. The molecular formula is C19H20N2O2. The Morgan fingerprint density at radius 2 is 1.91 bits per heavy atom. The maximum absolute atomic E-state index is 12.3. The van der Waals surface area contributed by atoms with Gasteiger partial charge in [-0.2, -0.15) is 0 Å². The predicted molar refractivity (Wildman–Crippen MR) is 91.8 cm³/mol. The molecule has 118 valence electrons. The molecular weight excluding hydrogens is 288 g/mol. The van der Waals surface area contributed by atoms with E-state index in [1.54, 1.807) is 12.1 Å². The van der Waals surface area contributed by atoms with Gasteiger partial charge in [-0.25, -0.2) is 0 Å². The van der Waals surface area contributed by atoms with Gasteiger partial charge in [0.05, 0.1) is 0 Å². The second kappa shape index (κ2) is 6.65. The minimum atomic E-state index is -0.144. The summed E-state index contributed by atoms with van der Waals surface area (Å²) in [4.78, 5) is 26.2. The average Bonchev–Trinajstić information content (AvgIpc) is 2.61. The van der Waals surface area contributed by atoms with E-state index in [0.29, 0.717) is 17.7 Å². The number of nitrogens with one attached hydrogen (secondary N) is 1. The molecule has 0 radical (unpaired) electrons. The molecule has 0 fully saturated rings. The van der Waals surface area contributed by atoms with Gasteiger partial charge in [0.2, 0.25) is 5.91 Å². The Kier molecular flexibility index (Phi) is 4.42. The van der Waals surface area contributed by atoms with Crippen molar-refractivity contribution < 1.29 is 9.59 Å². The van der Waals surface area contributed by atoms with Crippen LogP contribution in [0.25, 0.3) is 0 Å². The van der Waals surface area contributed by atoms with Gasteiger partial charge in [-0.3, -0.25) is 9.59 Å². The molecule has 2 aromatic carbocycles. The molecule has 4 nitrogen and oxygen atoms in total. The zero-order valence-corrected chi connectivity index (χ0v) is 13.2. The van der Waals surface area contributed by atoms with Gasteiger partial charge >= 0.3 is 0 Å². The van der Waals surface area contributed by atoms with Crippen LogP contribution < -0.4 is 10.2 Å². The Hall–Kier alpha value is -2.62. The molecule has 0 atom stereocenters. The Bertz CT molecular complexity index is 725. The summed E-state index contributed by atoms with van der Waals surface area (Å²) in [6.45, 7) is 2.62. The quantitative estimate of drug-likeness (QED) is 0.941. The molecule has 0 spiro atoms. The standard InChI is InChI=1S/C19H20N2O2/c1-2-18(22)21-12-6-9-14-10-11-16(13-17(14)21)20-19(23)15-7-4-3-5-8-15/h3-5,7-8,10-11,13H,2,6,9,12H2,1H3,(H,20,23). The molecule has 1 aliphatic heterocycles. The average molecular weight is 308 g/mol. The highest BCUT2D eigenvalue weighted by molar-refractivity contribution is 6.05. The summed E-state index contributed by atoms with van der Waals surface area (Å²) in [5, 5.41) is 2.91. The lowest BCUT2D eigenvalue weighted by Gasteiger charge is -2.29. The van der Waals surface area contributed by atoms with Gasteiger partial charge < -0.3 is 10.2 Å². The molecule has 0 aliphatic carbocycles. The molecule has 2 aromatic rings. The van der Waals surface area contributed by atoms with E-state index in [-0.39, 0.29) is 11.8 Å². The first-order valence-electron chi connectivity index (χ1n) is 7.98. The number of nitrogens with zero attached hydrogens (tertiary/aromatic N) is 1. The third kappa shape index (κ3) is 3.26. The minimum absolute atomic E-state index is 0.123. The van der Waals surface area contributed by atoms with E-state index in [9.17, 15) is 9.59 Å². The number of carbonyl (C=O) groups excluding carboxylic acids is 2. The molecule has 3 rings (SSSR count). The number of rotatable bonds is 3. The summed E-state index contributed by atoms with van der Waals surface area (Å²) >= 11 is 0. The normalized spacial score (nSPS) is 13.3. The van der Waals surface area contributed by atoms with E-state index in [2.05, 4.69) is 5.32 Å². The number of benzene rings is 2. The minimum Gasteiger partial charge on any atom is -0.322 e. The number of hydrogen-bond acceptors (Lipinski definition) is 2. The molecule has 0 aromatic heterocycles. The lowest BCUT2D eigenvalue weighted by atomic mass is 10.0. The summed E-state index contributed by atoms with van der Waals surface area (Å²) in [6.07, 6.45) is 2.43. The van der Waals surface area contributed by atoms with Crippen molar-refractivity contribution in [3.05, 3.63) is 59.7 Å². The van der Waals surface area contributed by atoms with Crippen LogP contribution in [0.1, 0.15) is 35.7 Å². The summed E-state index contributed by atoms with van der Waals surface area (Å²) < 4.78 is 0. The highest BCUT2D eigenvalue weighted by Gasteiger charge is 2.21. The molecule has 0 bridgehead atoms. The van der Waals surface area contributed by atoms with Crippen molar-refractivity contribution in [3.63, 3.8) is 0 Å². The van der Waals surface area contributed by atoms with E-state index in [4.69, 9.17) is 0 Å². The molecule has 1 heterocycles. The Labute approximate surface area is 136 Å². The van der Waals surface area contributed by atoms with Gasteiger partial charge in [0, 0.05) is 29.9 Å². The first-order chi connectivity index (χ1) is 11.2. The van der Waals surface area contributed by atoms with Crippen LogP contribution in [0.4, 0.5) is 11.4 Å². The van der Waals surface area contributed by atoms with Crippen LogP contribution in [0.15, 0.2) is 48.5 Å². The smallest absolute Gasteiger partial charge is 0.255 e. The van der Waals surface area contributed by atoms with E-state index in [1.165, 1.54) is 0 Å². The van der Waals surface area contributed by atoms with Crippen molar-refractivity contribution in [1.82, 2.24) is 0 Å².